The second-order valence-corrected chi connectivity index (χ2v) is 5.88. The summed E-state index contributed by atoms with van der Waals surface area (Å²) in [5, 5.41) is 0. The Kier molecular flexibility index (Phi) is 8.20. The lowest BCUT2D eigenvalue weighted by Crippen LogP contribution is -2.38. The number of carbonyl (C=O) groups excluding carboxylic acids is 2. The van der Waals surface area contributed by atoms with Crippen molar-refractivity contribution in [2.75, 3.05) is 13.7 Å². The third-order valence-electron chi connectivity index (χ3n) is 3.72. The minimum absolute atomic E-state index is 0.162. The summed E-state index contributed by atoms with van der Waals surface area (Å²) in [5.41, 5.74) is 6.50. The number of methoxy groups -OCH3 is 1. The van der Waals surface area contributed by atoms with E-state index in [1.54, 1.807) is 25.4 Å². The molecule has 6 heteroatoms. The maximum Gasteiger partial charge on any atom is 0.256 e. The molecule has 28 heavy (non-hydrogen) atoms. The second-order valence-electron chi connectivity index (χ2n) is 5.88. The van der Waals surface area contributed by atoms with Gasteiger partial charge in [-0.1, -0.05) is 48.5 Å². The maximum atomic E-state index is 12.5. The lowest BCUT2D eigenvalue weighted by Gasteiger charge is -2.21. The van der Waals surface area contributed by atoms with E-state index in [-0.39, 0.29) is 19.0 Å². The van der Waals surface area contributed by atoms with Crippen molar-refractivity contribution in [3.05, 3.63) is 96.3 Å². The minimum atomic E-state index is -0.569. The molecule has 0 aliphatic carbocycles. The van der Waals surface area contributed by atoms with Crippen LogP contribution in [0.15, 0.2) is 85.2 Å². The van der Waals surface area contributed by atoms with Gasteiger partial charge >= 0.3 is 0 Å². The van der Waals surface area contributed by atoms with Crippen LogP contribution >= 0.6 is 0 Å². The van der Waals surface area contributed by atoms with Crippen LogP contribution in [-0.2, 0) is 11.3 Å². The first-order valence-corrected chi connectivity index (χ1v) is 8.70. The fourth-order valence-corrected chi connectivity index (χ4v) is 2.44. The Balaban J connectivity index is 0.000000397. The number of hydrogen-bond acceptors (Lipinski definition) is 4. The fraction of sp³-hybridized carbons (Fsp3) is 0.136. The number of nitrogens with zero attached hydrogens (tertiary/aromatic N) is 2. The Labute approximate surface area is 164 Å². The number of ether oxygens (including phenoxy) is 1. The second kappa shape index (κ2) is 11.1. The van der Waals surface area contributed by atoms with E-state index in [2.05, 4.69) is 4.98 Å². The van der Waals surface area contributed by atoms with Gasteiger partial charge in [-0.25, -0.2) is 0 Å². The summed E-state index contributed by atoms with van der Waals surface area (Å²) in [5.74, 6) is -0.180. The number of aromatic nitrogens is 1. The molecule has 0 aliphatic rings. The highest BCUT2D eigenvalue weighted by molar-refractivity contribution is 5.96. The van der Waals surface area contributed by atoms with E-state index in [0.717, 1.165) is 5.56 Å². The molecule has 0 saturated carbocycles. The molecule has 1 heterocycles. The molecule has 2 amide bonds. The number of rotatable bonds is 6. The van der Waals surface area contributed by atoms with Gasteiger partial charge in [-0.05, 0) is 29.8 Å². The highest BCUT2D eigenvalue weighted by atomic mass is 16.5. The molecule has 0 bridgehead atoms. The summed E-state index contributed by atoms with van der Waals surface area (Å²) in [7, 11) is 1.57. The van der Waals surface area contributed by atoms with Crippen molar-refractivity contribution < 1.29 is 14.3 Å². The maximum absolute atomic E-state index is 12.5. The van der Waals surface area contributed by atoms with E-state index >= 15 is 0 Å². The van der Waals surface area contributed by atoms with Crippen molar-refractivity contribution in [1.82, 2.24) is 9.88 Å². The molecule has 3 aromatic rings. The summed E-state index contributed by atoms with van der Waals surface area (Å²) in [6.45, 7) is 0.0960. The minimum Gasteiger partial charge on any atom is -0.497 e. The monoisotopic (exact) mass is 377 g/mol. The molecule has 0 spiro atoms. The largest absolute Gasteiger partial charge is 0.497 e. The van der Waals surface area contributed by atoms with Gasteiger partial charge in [0.15, 0.2) is 0 Å². The molecule has 0 atom stereocenters. The molecule has 0 saturated heterocycles. The van der Waals surface area contributed by atoms with Gasteiger partial charge in [-0.2, -0.15) is 0 Å². The SMILES string of the molecule is COc1cccc(CN(CC(N)=O)C(=O)c2cccnc2)c1.c1ccccc1. The zero-order valence-electron chi connectivity index (χ0n) is 15.7. The Morgan fingerprint density at radius 1 is 1.00 bits per heavy atom. The number of amides is 2. The van der Waals surface area contributed by atoms with E-state index in [1.165, 1.54) is 11.1 Å². The molecule has 0 fully saturated rings. The van der Waals surface area contributed by atoms with Crippen LogP contribution in [0, 0.1) is 0 Å². The highest BCUT2D eigenvalue weighted by Gasteiger charge is 2.18. The smallest absolute Gasteiger partial charge is 0.256 e. The fourth-order valence-electron chi connectivity index (χ4n) is 2.44. The van der Waals surface area contributed by atoms with Crippen molar-refractivity contribution in [2.45, 2.75) is 6.54 Å². The highest BCUT2D eigenvalue weighted by Crippen LogP contribution is 2.15. The summed E-state index contributed by atoms with van der Waals surface area (Å²) in [6.07, 6.45) is 3.04. The molecule has 2 aromatic carbocycles. The summed E-state index contributed by atoms with van der Waals surface area (Å²) in [4.78, 5) is 29.0. The van der Waals surface area contributed by atoms with Crippen molar-refractivity contribution in [3.8, 4) is 5.75 Å². The van der Waals surface area contributed by atoms with Gasteiger partial charge in [0.25, 0.3) is 5.91 Å². The number of primary amides is 1. The third-order valence-corrected chi connectivity index (χ3v) is 3.72. The normalized spacial score (nSPS) is 9.61. The van der Waals surface area contributed by atoms with Crippen molar-refractivity contribution in [2.24, 2.45) is 5.73 Å². The lowest BCUT2D eigenvalue weighted by atomic mass is 10.1. The Bertz CT molecular complexity index is 844. The van der Waals surface area contributed by atoms with Crippen LogP contribution in [0.5, 0.6) is 5.75 Å². The lowest BCUT2D eigenvalue weighted by molar-refractivity contribution is -0.118. The van der Waals surface area contributed by atoms with Crippen LogP contribution in [0.1, 0.15) is 15.9 Å². The molecule has 0 unspecified atom stereocenters. The summed E-state index contributed by atoms with van der Waals surface area (Å²) >= 11 is 0. The average Bonchev–Trinajstić information content (AvgIpc) is 2.75. The van der Waals surface area contributed by atoms with E-state index < -0.39 is 5.91 Å². The van der Waals surface area contributed by atoms with Gasteiger partial charge in [-0.15, -0.1) is 0 Å². The predicted molar refractivity (Wildman–Crippen MR) is 108 cm³/mol. The third kappa shape index (κ3) is 6.92. The first-order valence-electron chi connectivity index (χ1n) is 8.70. The quantitative estimate of drug-likeness (QED) is 0.716. The van der Waals surface area contributed by atoms with E-state index in [1.807, 2.05) is 60.7 Å². The van der Waals surface area contributed by atoms with Crippen molar-refractivity contribution >= 4 is 11.8 Å². The molecule has 2 N–H and O–H groups in total. The molecule has 0 radical (unpaired) electrons. The van der Waals surface area contributed by atoms with Crippen LogP contribution < -0.4 is 10.5 Å². The average molecular weight is 377 g/mol. The van der Waals surface area contributed by atoms with Crippen LogP contribution in [-0.4, -0.2) is 35.4 Å². The van der Waals surface area contributed by atoms with E-state index in [0.29, 0.717) is 11.3 Å². The summed E-state index contributed by atoms with van der Waals surface area (Å²) < 4.78 is 5.16. The zero-order chi connectivity index (χ0) is 20.2. The van der Waals surface area contributed by atoms with Gasteiger partial charge in [0, 0.05) is 18.9 Å². The van der Waals surface area contributed by atoms with Gasteiger partial charge in [-0.3, -0.25) is 14.6 Å². The number of hydrogen-bond donors (Lipinski definition) is 1. The Morgan fingerprint density at radius 2 is 1.68 bits per heavy atom. The summed E-state index contributed by atoms with van der Waals surface area (Å²) in [6, 6.07) is 22.6. The topological polar surface area (TPSA) is 85.5 Å². The number of pyridine rings is 1. The molecular formula is C22H23N3O3. The first kappa shape index (κ1) is 20.6. The number of nitrogens with two attached hydrogens (primary N) is 1. The molecular weight excluding hydrogens is 354 g/mol. The van der Waals surface area contributed by atoms with Gasteiger partial charge in [0.2, 0.25) is 5.91 Å². The molecule has 6 nitrogen and oxygen atoms in total. The van der Waals surface area contributed by atoms with E-state index in [9.17, 15) is 9.59 Å². The number of benzene rings is 2. The Morgan fingerprint density at radius 3 is 2.21 bits per heavy atom. The van der Waals surface area contributed by atoms with Gasteiger partial charge in [0.1, 0.15) is 5.75 Å². The Hall–Kier alpha value is -3.67. The van der Waals surface area contributed by atoms with Crippen LogP contribution in [0.3, 0.4) is 0 Å². The van der Waals surface area contributed by atoms with Crippen LogP contribution in [0.4, 0.5) is 0 Å². The van der Waals surface area contributed by atoms with Gasteiger partial charge < -0.3 is 15.4 Å². The van der Waals surface area contributed by atoms with Crippen LogP contribution in [0.2, 0.25) is 0 Å². The molecule has 0 aliphatic heterocycles. The first-order chi connectivity index (χ1) is 13.6. The van der Waals surface area contributed by atoms with Crippen LogP contribution in [0.25, 0.3) is 0 Å². The number of carbonyl (C=O) groups is 2. The molecule has 144 valence electrons. The zero-order valence-corrected chi connectivity index (χ0v) is 15.7. The van der Waals surface area contributed by atoms with Gasteiger partial charge in [0.05, 0.1) is 19.2 Å². The predicted octanol–water partition coefficient (Wildman–Crippen LogP) is 2.90. The molecule has 1 aromatic heterocycles. The molecule has 3 rings (SSSR count). The van der Waals surface area contributed by atoms with E-state index in [4.69, 9.17) is 10.5 Å². The standard InChI is InChI=1S/C16H17N3O3.C6H6/c1-22-14-6-2-4-12(8-14)10-19(11-15(17)20)16(21)13-5-3-7-18-9-13;1-2-4-6-5-3-1/h2-9H,10-11H2,1H3,(H2,17,20);1-6H. The van der Waals surface area contributed by atoms with Crippen molar-refractivity contribution in [3.63, 3.8) is 0 Å². The van der Waals surface area contributed by atoms with Crippen molar-refractivity contribution in [1.29, 1.82) is 0 Å².